The topological polar surface area (TPSA) is 49.3 Å². The third-order valence-corrected chi connectivity index (χ3v) is 2.27. The van der Waals surface area contributed by atoms with Crippen LogP contribution < -0.4 is 5.32 Å². The molecule has 1 saturated heterocycles. The van der Waals surface area contributed by atoms with Crippen molar-refractivity contribution < 1.29 is 14.3 Å². The molecule has 0 bridgehead atoms. The van der Waals surface area contributed by atoms with E-state index in [2.05, 4.69) is 5.32 Å². The molecule has 1 aliphatic rings. The molecule has 3 nitrogen and oxygen atoms in total. The summed E-state index contributed by atoms with van der Waals surface area (Å²) in [4.78, 5) is 10.5. The first kappa shape index (κ1) is 9.45. The maximum Gasteiger partial charge on any atom is 0.320 e. The first-order valence-electron chi connectivity index (χ1n) is 4.26. The van der Waals surface area contributed by atoms with Gasteiger partial charge in [0.05, 0.1) is 6.67 Å². The predicted octanol–water partition coefficient (Wildman–Crippen LogP) is 0.799. The zero-order chi connectivity index (χ0) is 8.97. The lowest BCUT2D eigenvalue weighted by Gasteiger charge is -2.05. The Hall–Kier alpha value is -0.640. The van der Waals surface area contributed by atoms with Gasteiger partial charge in [-0.3, -0.25) is 9.18 Å². The average molecular weight is 175 g/mol. The van der Waals surface area contributed by atoms with Gasteiger partial charge >= 0.3 is 5.97 Å². The molecule has 4 heteroatoms. The Morgan fingerprint density at radius 1 is 1.67 bits per heavy atom. The van der Waals surface area contributed by atoms with Crippen molar-refractivity contribution in [3.63, 3.8) is 0 Å². The monoisotopic (exact) mass is 175 g/mol. The van der Waals surface area contributed by atoms with Crippen molar-refractivity contribution >= 4 is 5.97 Å². The van der Waals surface area contributed by atoms with Gasteiger partial charge in [0, 0.05) is 0 Å². The standard InChI is InChI=1S/C8H14FNO2/c9-3-1-2-6-4-7(8(11)12)10-5-6/h6-7,10H,1-5H2,(H,11,12). The first-order chi connectivity index (χ1) is 5.74. The smallest absolute Gasteiger partial charge is 0.320 e. The lowest BCUT2D eigenvalue weighted by Crippen LogP contribution is -2.29. The summed E-state index contributed by atoms with van der Waals surface area (Å²) >= 11 is 0. The van der Waals surface area contributed by atoms with Crippen LogP contribution in [0.2, 0.25) is 0 Å². The maximum atomic E-state index is 11.8. The number of rotatable bonds is 4. The van der Waals surface area contributed by atoms with E-state index < -0.39 is 12.0 Å². The van der Waals surface area contributed by atoms with E-state index in [9.17, 15) is 9.18 Å². The molecule has 1 fully saturated rings. The zero-order valence-corrected chi connectivity index (χ0v) is 6.92. The summed E-state index contributed by atoms with van der Waals surface area (Å²) in [6.45, 7) is 0.422. The molecule has 12 heavy (non-hydrogen) atoms. The minimum atomic E-state index is -0.794. The number of aliphatic carboxylic acids is 1. The fourth-order valence-corrected chi connectivity index (χ4v) is 1.58. The van der Waals surface area contributed by atoms with Crippen molar-refractivity contribution in [3.8, 4) is 0 Å². The second-order valence-corrected chi connectivity index (χ2v) is 3.23. The molecule has 0 aliphatic carbocycles. The number of hydrogen-bond acceptors (Lipinski definition) is 2. The highest BCUT2D eigenvalue weighted by atomic mass is 19.1. The fraction of sp³-hybridized carbons (Fsp3) is 0.875. The molecular formula is C8H14FNO2. The van der Waals surface area contributed by atoms with Crippen molar-refractivity contribution in [3.05, 3.63) is 0 Å². The van der Waals surface area contributed by atoms with Crippen LogP contribution in [-0.2, 0) is 4.79 Å². The lowest BCUT2D eigenvalue weighted by molar-refractivity contribution is -0.139. The molecule has 2 unspecified atom stereocenters. The number of halogens is 1. The van der Waals surface area contributed by atoms with E-state index in [0.717, 1.165) is 13.0 Å². The van der Waals surface area contributed by atoms with Crippen LogP contribution in [0.1, 0.15) is 19.3 Å². The summed E-state index contributed by atoms with van der Waals surface area (Å²) in [5.74, 6) is -0.445. The van der Waals surface area contributed by atoms with E-state index in [1.165, 1.54) is 0 Å². The molecular weight excluding hydrogens is 161 g/mol. The highest BCUT2D eigenvalue weighted by Gasteiger charge is 2.28. The third kappa shape index (κ3) is 2.44. The number of carboxylic acids is 1. The molecule has 0 aromatic heterocycles. The van der Waals surface area contributed by atoms with Crippen LogP contribution in [0.5, 0.6) is 0 Å². The van der Waals surface area contributed by atoms with Gasteiger partial charge in [-0.05, 0) is 31.7 Å². The molecule has 2 N–H and O–H groups in total. The van der Waals surface area contributed by atoms with Gasteiger partial charge in [0.1, 0.15) is 6.04 Å². The van der Waals surface area contributed by atoms with Crippen LogP contribution in [0.25, 0.3) is 0 Å². The maximum absolute atomic E-state index is 11.8. The second kappa shape index (κ2) is 4.40. The lowest BCUT2D eigenvalue weighted by atomic mass is 10.0. The SMILES string of the molecule is O=C(O)C1CC(CCCF)CN1. The Bertz CT molecular complexity index is 163. The van der Waals surface area contributed by atoms with Gasteiger partial charge in [-0.25, -0.2) is 0 Å². The van der Waals surface area contributed by atoms with Gasteiger partial charge in [0.2, 0.25) is 0 Å². The van der Waals surface area contributed by atoms with Crippen molar-refractivity contribution in [2.45, 2.75) is 25.3 Å². The Morgan fingerprint density at radius 3 is 2.92 bits per heavy atom. The summed E-state index contributed by atoms with van der Waals surface area (Å²) < 4.78 is 11.8. The van der Waals surface area contributed by atoms with Gasteiger partial charge in [0.15, 0.2) is 0 Å². The Morgan fingerprint density at radius 2 is 2.42 bits per heavy atom. The third-order valence-electron chi connectivity index (χ3n) is 2.27. The number of hydrogen-bond donors (Lipinski definition) is 2. The van der Waals surface area contributed by atoms with E-state index in [1.807, 2.05) is 0 Å². The number of carboxylic acid groups (broad SMARTS) is 1. The minimum Gasteiger partial charge on any atom is -0.480 e. The van der Waals surface area contributed by atoms with Crippen LogP contribution in [0.3, 0.4) is 0 Å². The van der Waals surface area contributed by atoms with Gasteiger partial charge < -0.3 is 10.4 Å². The predicted molar refractivity (Wildman–Crippen MR) is 42.7 cm³/mol. The summed E-state index contributed by atoms with van der Waals surface area (Å²) in [7, 11) is 0. The van der Waals surface area contributed by atoms with Gasteiger partial charge in [-0.2, -0.15) is 0 Å². The molecule has 0 aromatic rings. The van der Waals surface area contributed by atoms with Crippen LogP contribution in [0.15, 0.2) is 0 Å². The molecule has 0 radical (unpaired) electrons. The van der Waals surface area contributed by atoms with Crippen LogP contribution in [-0.4, -0.2) is 30.3 Å². The van der Waals surface area contributed by atoms with Gasteiger partial charge in [0.25, 0.3) is 0 Å². The number of carbonyl (C=O) groups is 1. The summed E-state index contributed by atoms with van der Waals surface area (Å²) in [5, 5.41) is 11.5. The molecule has 1 heterocycles. The minimum absolute atomic E-state index is 0.297. The van der Waals surface area contributed by atoms with E-state index in [4.69, 9.17) is 5.11 Å². The summed E-state index contributed by atoms with van der Waals surface area (Å²) in [6, 6.07) is -0.408. The Balaban J connectivity index is 2.21. The molecule has 0 saturated carbocycles. The highest BCUT2D eigenvalue weighted by molar-refractivity contribution is 5.73. The highest BCUT2D eigenvalue weighted by Crippen LogP contribution is 2.19. The number of nitrogens with one attached hydrogen (secondary N) is 1. The van der Waals surface area contributed by atoms with E-state index in [1.54, 1.807) is 0 Å². The van der Waals surface area contributed by atoms with Crippen LogP contribution in [0, 0.1) is 5.92 Å². The average Bonchev–Trinajstić information content (AvgIpc) is 2.48. The Labute approximate surface area is 71.0 Å². The van der Waals surface area contributed by atoms with Gasteiger partial charge in [-0.1, -0.05) is 0 Å². The molecule has 0 spiro atoms. The van der Waals surface area contributed by atoms with Crippen molar-refractivity contribution in [1.29, 1.82) is 0 Å². The van der Waals surface area contributed by atoms with Crippen molar-refractivity contribution in [2.24, 2.45) is 5.92 Å². The van der Waals surface area contributed by atoms with Crippen molar-refractivity contribution in [1.82, 2.24) is 5.32 Å². The van der Waals surface area contributed by atoms with Crippen LogP contribution in [0.4, 0.5) is 4.39 Å². The van der Waals surface area contributed by atoms with E-state index in [-0.39, 0.29) is 6.67 Å². The van der Waals surface area contributed by atoms with Crippen molar-refractivity contribution in [2.75, 3.05) is 13.2 Å². The van der Waals surface area contributed by atoms with E-state index in [0.29, 0.717) is 18.8 Å². The largest absolute Gasteiger partial charge is 0.480 e. The zero-order valence-electron chi connectivity index (χ0n) is 6.92. The quantitative estimate of drug-likeness (QED) is 0.664. The summed E-state index contributed by atoms with van der Waals surface area (Å²) in [6.07, 6.45) is 2.00. The molecule has 1 rings (SSSR count). The van der Waals surface area contributed by atoms with Gasteiger partial charge in [-0.15, -0.1) is 0 Å². The second-order valence-electron chi connectivity index (χ2n) is 3.23. The van der Waals surface area contributed by atoms with Crippen LogP contribution >= 0.6 is 0 Å². The van der Waals surface area contributed by atoms with E-state index >= 15 is 0 Å². The normalized spacial score (nSPS) is 29.1. The number of alkyl halides is 1. The fourth-order valence-electron chi connectivity index (χ4n) is 1.58. The molecule has 70 valence electrons. The first-order valence-corrected chi connectivity index (χ1v) is 4.26. The molecule has 0 amide bonds. The molecule has 0 aromatic carbocycles. The molecule has 1 aliphatic heterocycles. The Kier molecular flexibility index (Phi) is 3.47. The summed E-state index contributed by atoms with van der Waals surface area (Å²) in [5.41, 5.74) is 0. The molecule has 2 atom stereocenters.